The number of rotatable bonds is 9. The molecule has 0 spiro atoms. The maximum atomic E-state index is 4.28. The van der Waals surface area contributed by atoms with Gasteiger partial charge in [0.15, 0.2) is 0 Å². The molecule has 0 bridgehead atoms. The summed E-state index contributed by atoms with van der Waals surface area (Å²) in [6.45, 7) is 9.54. The van der Waals surface area contributed by atoms with Crippen LogP contribution in [0.3, 0.4) is 0 Å². The molecule has 0 saturated heterocycles. The van der Waals surface area contributed by atoms with Crippen LogP contribution in [0, 0.1) is 0 Å². The molecule has 0 radical (unpaired) electrons. The summed E-state index contributed by atoms with van der Waals surface area (Å²) in [5.74, 6) is 0. The first-order valence-electron chi connectivity index (χ1n) is 6.73. The van der Waals surface area contributed by atoms with Crippen molar-refractivity contribution in [2.75, 3.05) is 13.1 Å². The van der Waals surface area contributed by atoms with Gasteiger partial charge in [0.25, 0.3) is 0 Å². The molecule has 0 amide bonds. The quantitative estimate of drug-likeness (QED) is 0.575. The van der Waals surface area contributed by atoms with Crippen LogP contribution in [0.1, 0.15) is 45.0 Å². The van der Waals surface area contributed by atoms with Gasteiger partial charge < -0.3 is 10.6 Å². The number of hydrogen-bond acceptors (Lipinski definition) is 3. The van der Waals surface area contributed by atoms with Gasteiger partial charge in [-0.05, 0) is 32.4 Å². The lowest BCUT2D eigenvalue weighted by molar-refractivity contribution is 0.497. The van der Waals surface area contributed by atoms with Gasteiger partial charge in [0.05, 0.1) is 5.69 Å². The summed E-state index contributed by atoms with van der Waals surface area (Å²) in [5, 5.41) is 14.2. The summed E-state index contributed by atoms with van der Waals surface area (Å²) >= 11 is 0. The molecule has 1 atom stereocenters. The van der Waals surface area contributed by atoms with Crippen LogP contribution in [0.15, 0.2) is 6.07 Å². The summed E-state index contributed by atoms with van der Waals surface area (Å²) in [4.78, 5) is 0. The monoisotopic (exact) mass is 238 g/mol. The highest BCUT2D eigenvalue weighted by atomic mass is 15.1. The van der Waals surface area contributed by atoms with E-state index < -0.39 is 0 Å². The van der Waals surface area contributed by atoms with Gasteiger partial charge in [-0.2, -0.15) is 5.10 Å². The maximum Gasteiger partial charge on any atom is 0.0625 e. The van der Waals surface area contributed by atoms with Crippen LogP contribution in [0.25, 0.3) is 0 Å². The third-order valence-corrected chi connectivity index (χ3v) is 2.71. The number of nitrogens with one attached hydrogen (secondary N) is 3. The molecular formula is C13H26N4. The van der Waals surface area contributed by atoms with E-state index in [2.05, 4.69) is 47.7 Å². The fraction of sp³-hybridized carbons (Fsp3) is 0.769. The van der Waals surface area contributed by atoms with E-state index in [9.17, 15) is 0 Å². The van der Waals surface area contributed by atoms with E-state index in [1.165, 1.54) is 17.8 Å². The van der Waals surface area contributed by atoms with Crippen molar-refractivity contribution < 1.29 is 0 Å². The highest BCUT2D eigenvalue weighted by Gasteiger charge is 2.03. The Balaban J connectivity index is 2.19. The van der Waals surface area contributed by atoms with Gasteiger partial charge in [0.1, 0.15) is 0 Å². The summed E-state index contributed by atoms with van der Waals surface area (Å²) in [5.41, 5.74) is 2.34. The molecule has 1 aromatic rings. The van der Waals surface area contributed by atoms with E-state index in [1.807, 2.05) is 0 Å². The standard InChI is InChI=1S/C13H26N4/c1-4-6-12-8-13(17-16-12)10-15-11(3)9-14-7-5-2/h8,11,14-15H,4-7,9-10H2,1-3H3,(H,16,17). The molecule has 0 aliphatic rings. The van der Waals surface area contributed by atoms with Gasteiger partial charge in [-0.3, -0.25) is 5.10 Å². The van der Waals surface area contributed by atoms with Crippen LogP contribution >= 0.6 is 0 Å². The van der Waals surface area contributed by atoms with Crippen LogP contribution in [0.5, 0.6) is 0 Å². The SMILES string of the molecule is CCCNCC(C)NCc1cc(CCC)n[nH]1. The number of hydrogen-bond donors (Lipinski definition) is 3. The molecule has 98 valence electrons. The molecule has 0 aromatic carbocycles. The molecule has 1 rings (SSSR count). The zero-order valence-electron chi connectivity index (χ0n) is 11.3. The molecule has 3 N–H and O–H groups in total. The number of H-pyrrole nitrogens is 1. The van der Waals surface area contributed by atoms with Crippen LogP contribution < -0.4 is 10.6 Å². The Morgan fingerprint density at radius 3 is 2.88 bits per heavy atom. The Labute approximate surface area is 105 Å². The van der Waals surface area contributed by atoms with Gasteiger partial charge >= 0.3 is 0 Å². The van der Waals surface area contributed by atoms with Crippen molar-refractivity contribution >= 4 is 0 Å². The lowest BCUT2D eigenvalue weighted by Gasteiger charge is -2.13. The van der Waals surface area contributed by atoms with E-state index in [-0.39, 0.29) is 0 Å². The fourth-order valence-corrected chi connectivity index (χ4v) is 1.74. The third-order valence-electron chi connectivity index (χ3n) is 2.71. The smallest absolute Gasteiger partial charge is 0.0625 e. The largest absolute Gasteiger partial charge is 0.315 e. The minimum absolute atomic E-state index is 0.486. The van der Waals surface area contributed by atoms with E-state index in [4.69, 9.17) is 0 Å². The van der Waals surface area contributed by atoms with E-state index in [1.54, 1.807) is 0 Å². The topological polar surface area (TPSA) is 52.7 Å². The minimum atomic E-state index is 0.486. The average Bonchev–Trinajstić information content (AvgIpc) is 2.75. The van der Waals surface area contributed by atoms with Crippen LogP contribution in [0.2, 0.25) is 0 Å². The fourth-order valence-electron chi connectivity index (χ4n) is 1.74. The lowest BCUT2D eigenvalue weighted by Crippen LogP contribution is -2.36. The summed E-state index contributed by atoms with van der Waals surface area (Å²) < 4.78 is 0. The van der Waals surface area contributed by atoms with Gasteiger partial charge in [0, 0.05) is 24.8 Å². The Hall–Kier alpha value is -0.870. The Kier molecular flexibility index (Phi) is 6.89. The second kappa shape index (κ2) is 8.25. The van der Waals surface area contributed by atoms with Crippen molar-refractivity contribution in [3.05, 3.63) is 17.5 Å². The van der Waals surface area contributed by atoms with Gasteiger partial charge in [-0.15, -0.1) is 0 Å². The first-order chi connectivity index (χ1) is 8.26. The second-order valence-electron chi connectivity index (χ2n) is 4.62. The van der Waals surface area contributed by atoms with Crippen molar-refractivity contribution in [3.63, 3.8) is 0 Å². The van der Waals surface area contributed by atoms with E-state index >= 15 is 0 Å². The molecule has 1 aromatic heterocycles. The van der Waals surface area contributed by atoms with Crippen LogP contribution in [-0.2, 0) is 13.0 Å². The molecule has 1 unspecified atom stereocenters. The molecule has 0 saturated carbocycles. The number of aromatic amines is 1. The van der Waals surface area contributed by atoms with Gasteiger partial charge in [0.2, 0.25) is 0 Å². The Morgan fingerprint density at radius 1 is 1.35 bits per heavy atom. The highest BCUT2D eigenvalue weighted by molar-refractivity contribution is 5.08. The molecule has 0 aliphatic carbocycles. The first kappa shape index (κ1) is 14.2. The van der Waals surface area contributed by atoms with Crippen LogP contribution in [0.4, 0.5) is 0 Å². The summed E-state index contributed by atoms with van der Waals surface area (Å²) in [6, 6.07) is 2.64. The molecule has 0 fully saturated rings. The number of aromatic nitrogens is 2. The zero-order valence-corrected chi connectivity index (χ0v) is 11.3. The second-order valence-corrected chi connectivity index (χ2v) is 4.62. The van der Waals surface area contributed by atoms with Crippen molar-refractivity contribution in [1.82, 2.24) is 20.8 Å². The van der Waals surface area contributed by atoms with Crippen LogP contribution in [-0.4, -0.2) is 29.3 Å². The highest BCUT2D eigenvalue weighted by Crippen LogP contribution is 2.02. The van der Waals surface area contributed by atoms with E-state index in [0.717, 1.165) is 32.5 Å². The molecule has 0 aliphatic heterocycles. The molecule has 1 heterocycles. The Bertz CT molecular complexity index is 295. The van der Waals surface area contributed by atoms with Crippen molar-refractivity contribution in [1.29, 1.82) is 0 Å². The summed E-state index contributed by atoms with van der Waals surface area (Å²) in [6.07, 6.45) is 3.40. The normalized spacial score (nSPS) is 12.9. The first-order valence-corrected chi connectivity index (χ1v) is 6.73. The van der Waals surface area contributed by atoms with E-state index in [0.29, 0.717) is 6.04 Å². The zero-order chi connectivity index (χ0) is 12.5. The molecule has 4 nitrogen and oxygen atoms in total. The van der Waals surface area contributed by atoms with Gasteiger partial charge in [-0.1, -0.05) is 20.3 Å². The van der Waals surface area contributed by atoms with Crippen molar-refractivity contribution in [2.45, 2.75) is 52.6 Å². The molecule has 17 heavy (non-hydrogen) atoms. The van der Waals surface area contributed by atoms with Gasteiger partial charge in [-0.25, -0.2) is 0 Å². The van der Waals surface area contributed by atoms with Crippen molar-refractivity contribution in [2.24, 2.45) is 0 Å². The predicted octanol–water partition coefficient (Wildman–Crippen LogP) is 1.84. The van der Waals surface area contributed by atoms with Crippen molar-refractivity contribution in [3.8, 4) is 0 Å². The maximum absolute atomic E-state index is 4.28. The average molecular weight is 238 g/mol. The summed E-state index contributed by atoms with van der Waals surface area (Å²) in [7, 11) is 0. The third kappa shape index (κ3) is 5.84. The lowest BCUT2D eigenvalue weighted by atomic mass is 10.2. The Morgan fingerprint density at radius 2 is 2.18 bits per heavy atom. The minimum Gasteiger partial charge on any atom is -0.315 e. The predicted molar refractivity (Wildman–Crippen MR) is 72.0 cm³/mol. The number of nitrogens with zero attached hydrogens (tertiary/aromatic N) is 1. The molecule has 4 heteroatoms. The molecular weight excluding hydrogens is 212 g/mol. The number of aryl methyl sites for hydroxylation is 1.